The van der Waals surface area contributed by atoms with Gasteiger partial charge < -0.3 is 31.2 Å². The van der Waals surface area contributed by atoms with Gasteiger partial charge in [0.25, 0.3) is 0 Å². The zero-order valence-corrected chi connectivity index (χ0v) is 39.4. The zero-order chi connectivity index (χ0) is 48.7. The van der Waals surface area contributed by atoms with Crippen molar-refractivity contribution >= 4 is 68.7 Å². The van der Waals surface area contributed by atoms with Crippen LogP contribution in [0.1, 0.15) is 113 Å². The lowest BCUT2D eigenvalue weighted by Crippen LogP contribution is -2.44. The second-order valence-corrected chi connectivity index (χ2v) is 19.1. The van der Waals surface area contributed by atoms with E-state index in [0.29, 0.717) is 53.1 Å². The first kappa shape index (κ1) is 49.9. The van der Waals surface area contributed by atoms with E-state index in [9.17, 15) is 27.2 Å². The highest BCUT2D eigenvalue weighted by Crippen LogP contribution is 2.41. The predicted molar refractivity (Wildman–Crippen MR) is 267 cm³/mol. The fourth-order valence-corrected chi connectivity index (χ4v) is 10.4. The summed E-state index contributed by atoms with van der Waals surface area (Å²) in [5.74, 6) is -6.15. The smallest absolute Gasteiger partial charge is 0.248 e. The molecule has 2 amide bonds. The fraction of sp³-hybridized carbons (Fsp3) is 0.490. The van der Waals surface area contributed by atoms with Crippen LogP contribution in [0.4, 0.5) is 29.5 Å². The molecule has 0 radical (unpaired) electrons. The van der Waals surface area contributed by atoms with E-state index in [2.05, 4.69) is 51.2 Å². The Morgan fingerprint density at radius 2 is 1.04 bits per heavy atom. The molecule has 69 heavy (non-hydrogen) atoms. The number of benzene rings is 2. The van der Waals surface area contributed by atoms with E-state index in [4.69, 9.17) is 24.6 Å². The highest BCUT2D eigenvalue weighted by Gasteiger charge is 2.44. The minimum atomic E-state index is -2.72. The predicted octanol–water partition coefficient (Wildman–Crippen LogP) is 12.8. The van der Waals surface area contributed by atoms with Crippen LogP contribution in [0.2, 0.25) is 10.0 Å². The molecule has 4 saturated carbocycles. The Morgan fingerprint density at radius 1 is 0.652 bits per heavy atom. The van der Waals surface area contributed by atoms with Gasteiger partial charge in [-0.3, -0.25) is 9.59 Å². The third-order valence-corrected chi connectivity index (χ3v) is 14.0. The van der Waals surface area contributed by atoms with Gasteiger partial charge in [0, 0.05) is 108 Å². The Hall–Kier alpha value is -5.48. The number of carbonyl (C=O) groups is 2. The quantitative estimate of drug-likeness (QED) is 0.0738. The molecule has 0 saturated heterocycles. The maximum atomic E-state index is 13.5. The molecule has 10 rings (SSSR count). The van der Waals surface area contributed by atoms with Gasteiger partial charge in [0.2, 0.25) is 35.6 Å². The number of nitrogens with one attached hydrogen (secondary N) is 6. The number of nitrogens with zero attached hydrogens (tertiary/aromatic N) is 4. The topological polar surface area (TPSA) is 165 Å². The van der Waals surface area contributed by atoms with Gasteiger partial charge in [-0.25, -0.2) is 37.5 Å². The summed E-state index contributed by atoms with van der Waals surface area (Å²) in [6.45, 7) is 2.29. The van der Waals surface area contributed by atoms with E-state index >= 15 is 0 Å². The molecule has 370 valence electrons. The first-order chi connectivity index (χ1) is 33.2. The molecule has 4 aromatic heterocycles. The number of alkyl halides is 4. The lowest BCUT2D eigenvalue weighted by atomic mass is 9.90. The van der Waals surface area contributed by atoms with Crippen LogP contribution in [0.5, 0.6) is 0 Å². The Labute approximate surface area is 411 Å². The normalized spacial score (nSPS) is 23.8. The van der Waals surface area contributed by atoms with Crippen molar-refractivity contribution in [2.75, 3.05) is 10.6 Å². The Bertz CT molecular complexity index is 2540. The fourth-order valence-electron chi connectivity index (χ4n) is 10.0. The molecule has 6 aromatic rings. The SMILES string of the molecule is C.O=C(N[C@H]1CCC[C@@H](Nc2ncc(Cl)c(-c3c[nH]c4ccccc34)n2)C1)[C@@H]1CCC(F)(F)C1.O=C(N[C@H]1CCC[C@@H](Nc2ncc(Cl)c(-c3c[nH]c4ccccc34)n2)C1)[C@@H]1CCC(F)(F)C1.[2H]CC. The lowest BCUT2D eigenvalue weighted by Gasteiger charge is -2.31. The summed E-state index contributed by atoms with van der Waals surface area (Å²) in [4.78, 5) is 49.5. The van der Waals surface area contributed by atoms with Crippen LogP contribution in [0.25, 0.3) is 44.3 Å². The molecule has 4 aliphatic carbocycles. The van der Waals surface area contributed by atoms with Crippen LogP contribution >= 0.6 is 23.2 Å². The van der Waals surface area contributed by atoms with Gasteiger partial charge in [0.1, 0.15) is 0 Å². The van der Waals surface area contributed by atoms with Crippen molar-refractivity contribution in [3.8, 4) is 22.5 Å². The van der Waals surface area contributed by atoms with Crippen LogP contribution < -0.4 is 21.3 Å². The molecule has 0 spiro atoms. The van der Waals surface area contributed by atoms with Crippen molar-refractivity contribution in [1.29, 1.82) is 0 Å². The maximum Gasteiger partial charge on any atom is 0.248 e. The van der Waals surface area contributed by atoms with Crippen molar-refractivity contribution in [1.82, 2.24) is 40.5 Å². The molecule has 4 fully saturated rings. The molecule has 18 heteroatoms. The number of aromatic nitrogens is 6. The first-order valence-electron chi connectivity index (χ1n) is 24.2. The third kappa shape index (κ3) is 12.7. The van der Waals surface area contributed by atoms with E-state index in [1.165, 1.54) is 0 Å². The molecule has 6 atom stereocenters. The van der Waals surface area contributed by atoms with Crippen molar-refractivity contribution in [3.05, 3.63) is 83.4 Å². The minimum absolute atomic E-state index is 0. The standard InChI is InChI=1S/2C24H26ClF2N5O.C2H6.CH4/c2*25-19-13-29-23(32-21(19)18-12-28-20-7-2-1-6-17(18)20)31-16-5-3-4-15(10-16)30-22(33)14-8-9-24(26,27)11-14;1-2;/h2*1-2,6-7,12-16,28H,3-5,8-11H2,(H,30,33)(H,29,31,32);1-2H3;1H4/t2*14-,15+,16-;;/m11../s1/i;;1D;. The molecule has 4 heterocycles. The summed E-state index contributed by atoms with van der Waals surface area (Å²) in [7, 11) is 0. The van der Waals surface area contributed by atoms with Gasteiger partial charge in [-0.2, -0.15) is 0 Å². The summed E-state index contributed by atoms with van der Waals surface area (Å²) in [5.41, 5.74) is 5.11. The van der Waals surface area contributed by atoms with Crippen molar-refractivity contribution in [3.63, 3.8) is 0 Å². The highest BCUT2D eigenvalue weighted by molar-refractivity contribution is 6.33. The summed E-state index contributed by atoms with van der Waals surface area (Å²) >= 11 is 12.9. The molecular weight excluding hydrogens is 932 g/mol. The van der Waals surface area contributed by atoms with E-state index in [0.717, 1.165) is 71.5 Å². The molecule has 0 bridgehead atoms. The largest absolute Gasteiger partial charge is 0.360 e. The lowest BCUT2D eigenvalue weighted by molar-refractivity contribution is -0.127. The number of halogens is 6. The van der Waals surface area contributed by atoms with Gasteiger partial charge in [0.05, 0.1) is 33.8 Å². The monoisotopic (exact) mass is 993 g/mol. The molecule has 2 aromatic carbocycles. The molecule has 6 N–H and O–H groups in total. The average Bonchev–Trinajstić information content (AvgIpc) is 4.13. The van der Waals surface area contributed by atoms with Gasteiger partial charge in [-0.1, -0.05) is 80.9 Å². The number of amides is 2. The van der Waals surface area contributed by atoms with E-state index in [1.807, 2.05) is 60.9 Å². The van der Waals surface area contributed by atoms with Crippen LogP contribution in [0, 0.1) is 11.8 Å². The number of para-hydroxylation sites is 2. The first-order valence-corrected chi connectivity index (χ1v) is 24.3. The van der Waals surface area contributed by atoms with Gasteiger partial charge in [0.15, 0.2) is 0 Å². The third-order valence-electron chi connectivity index (χ3n) is 13.4. The van der Waals surface area contributed by atoms with Crippen LogP contribution in [-0.4, -0.2) is 77.7 Å². The number of hydrogen-bond acceptors (Lipinski definition) is 8. The minimum Gasteiger partial charge on any atom is -0.360 e. The summed E-state index contributed by atoms with van der Waals surface area (Å²) in [6, 6.07) is 16.0. The second-order valence-electron chi connectivity index (χ2n) is 18.3. The molecule has 12 nitrogen and oxygen atoms in total. The van der Waals surface area contributed by atoms with Gasteiger partial charge >= 0.3 is 0 Å². The van der Waals surface area contributed by atoms with Gasteiger partial charge in [-0.05, 0) is 76.3 Å². The van der Waals surface area contributed by atoms with Crippen molar-refractivity contribution in [2.45, 2.75) is 147 Å². The maximum absolute atomic E-state index is 13.5. The number of H-pyrrole nitrogens is 2. The van der Waals surface area contributed by atoms with E-state index in [1.54, 1.807) is 19.3 Å². The Kier molecular flexibility index (Phi) is 16.3. The van der Waals surface area contributed by atoms with Crippen LogP contribution in [0.15, 0.2) is 73.3 Å². The van der Waals surface area contributed by atoms with E-state index in [-0.39, 0.29) is 81.9 Å². The number of aromatic amines is 2. The molecule has 4 aliphatic rings. The summed E-state index contributed by atoms with van der Waals surface area (Å²) < 4.78 is 60.1. The van der Waals surface area contributed by atoms with Crippen LogP contribution in [-0.2, 0) is 9.59 Å². The summed E-state index contributed by atoms with van der Waals surface area (Å²) in [5, 5.41) is 15.8. The number of carbonyl (C=O) groups excluding carboxylic acids is 2. The van der Waals surface area contributed by atoms with Gasteiger partial charge in [-0.15, -0.1) is 0 Å². The Balaban J connectivity index is 0.000000193. The number of anilines is 2. The highest BCUT2D eigenvalue weighted by atomic mass is 35.5. The summed E-state index contributed by atoms with van der Waals surface area (Å²) in [6.07, 6.45) is 13.1. The van der Waals surface area contributed by atoms with Crippen molar-refractivity contribution in [2.24, 2.45) is 11.8 Å². The Morgan fingerprint density at radius 3 is 1.43 bits per heavy atom. The second kappa shape index (κ2) is 22.5. The van der Waals surface area contributed by atoms with E-state index < -0.39 is 23.7 Å². The number of fused-ring (bicyclic) bond motifs is 2. The zero-order valence-electron chi connectivity index (χ0n) is 38.9. The molecule has 0 unspecified atom stereocenters. The van der Waals surface area contributed by atoms with Crippen LogP contribution in [0.3, 0.4) is 0 Å². The number of rotatable bonds is 10. The number of hydrogen-bond donors (Lipinski definition) is 6. The average molecular weight is 995 g/mol. The molecular formula is C51H62Cl2F4N10O2. The van der Waals surface area contributed by atoms with Crippen molar-refractivity contribution < 1.29 is 28.5 Å². The molecule has 0 aliphatic heterocycles.